The van der Waals surface area contributed by atoms with Gasteiger partial charge in [-0.2, -0.15) is 0 Å². The number of ether oxygens (including phenoxy) is 3. The Labute approximate surface area is 204 Å². The summed E-state index contributed by atoms with van der Waals surface area (Å²) in [7, 11) is 4.77. The normalized spacial score (nSPS) is 13.2. The van der Waals surface area contributed by atoms with E-state index in [1.807, 2.05) is 35.2 Å². The van der Waals surface area contributed by atoms with Gasteiger partial charge in [-0.25, -0.2) is 15.0 Å². The molecule has 0 spiro atoms. The highest BCUT2D eigenvalue weighted by molar-refractivity contribution is 5.59. The van der Waals surface area contributed by atoms with Gasteiger partial charge in [-0.3, -0.25) is 4.90 Å². The van der Waals surface area contributed by atoms with Gasteiger partial charge in [0.2, 0.25) is 11.7 Å². The van der Waals surface area contributed by atoms with Crippen LogP contribution in [0.15, 0.2) is 61.2 Å². The van der Waals surface area contributed by atoms with Gasteiger partial charge in [0.1, 0.15) is 6.33 Å². The van der Waals surface area contributed by atoms with Crippen LogP contribution in [0.3, 0.4) is 0 Å². The molecule has 9 heteroatoms. The Kier molecular flexibility index (Phi) is 6.49. The van der Waals surface area contributed by atoms with Gasteiger partial charge in [0.05, 0.1) is 38.9 Å². The summed E-state index contributed by atoms with van der Waals surface area (Å²) >= 11 is 0. The highest BCUT2D eigenvalue weighted by Gasteiger charge is 2.19. The third kappa shape index (κ3) is 4.90. The van der Waals surface area contributed by atoms with Gasteiger partial charge >= 0.3 is 0 Å². The number of fused-ring (bicyclic) bond motifs is 1. The number of hydrogen-bond acceptors (Lipinski definition) is 8. The van der Waals surface area contributed by atoms with E-state index in [4.69, 9.17) is 19.2 Å². The van der Waals surface area contributed by atoms with Crippen molar-refractivity contribution in [1.29, 1.82) is 0 Å². The Morgan fingerprint density at radius 2 is 1.74 bits per heavy atom. The van der Waals surface area contributed by atoms with Crippen molar-refractivity contribution < 1.29 is 14.2 Å². The van der Waals surface area contributed by atoms with Crippen molar-refractivity contribution in [2.75, 3.05) is 33.2 Å². The van der Waals surface area contributed by atoms with Crippen LogP contribution in [0.1, 0.15) is 16.8 Å². The smallest absolute Gasteiger partial charge is 0.228 e. The van der Waals surface area contributed by atoms with E-state index in [2.05, 4.69) is 44.5 Å². The summed E-state index contributed by atoms with van der Waals surface area (Å²) in [5.41, 5.74) is 4.39. The molecule has 0 unspecified atom stereocenters. The number of nitrogens with one attached hydrogen (secondary N) is 1. The second-order valence-electron chi connectivity index (χ2n) is 8.29. The number of imidazole rings is 1. The van der Waals surface area contributed by atoms with Crippen molar-refractivity contribution >= 4 is 11.8 Å². The van der Waals surface area contributed by atoms with Crippen molar-refractivity contribution in [3.05, 3.63) is 78.0 Å². The van der Waals surface area contributed by atoms with Crippen LogP contribution in [0.4, 0.5) is 11.8 Å². The number of methoxy groups -OCH3 is 3. The summed E-state index contributed by atoms with van der Waals surface area (Å²) < 4.78 is 18.2. The Hall–Kier alpha value is -4.11. The van der Waals surface area contributed by atoms with Gasteiger partial charge in [0.15, 0.2) is 17.3 Å². The summed E-state index contributed by atoms with van der Waals surface area (Å²) in [6.45, 7) is 2.74. The first-order chi connectivity index (χ1) is 17.2. The van der Waals surface area contributed by atoms with Gasteiger partial charge in [0, 0.05) is 49.9 Å². The minimum atomic E-state index is 0.537. The lowest BCUT2D eigenvalue weighted by Crippen LogP contribution is -2.31. The van der Waals surface area contributed by atoms with Crippen LogP contribution in [0.5, 0.6) is 17.2 Å². The van der Waals surface area contributed by atoms with Crippen molar-refractivity contribution in [3.63, 3.8) is 0 Å². The van der Waals surface area contributed by atoms with Crippen LogP contribution in [-0.2, 0) is 19.5 Å². The topological polar surface area (TPSA) is 86.6 Å². The van der Waals surface area contributed by atoms with Crippen LogP contribution in [0, 0.1) is 0 Å². The Balaban J connectivity index is 1.29. The van der Waals surface area contributed by atoms with E-state index in [9.17, 15) is 0 Å². The maximum absolute atomic E-state index is 5.46. The molecular weight excluding hydrogens is 444 g/mol. The molecule has 0 atom stereocenters. The van der Waals surface area contributed by atoms with Gasteiger partial charge in [-0.1, -0.05) is 30.3 Å². The van der Waals surface area contributed by atoms with E-state index >= 15 is 0 Å². The molecule has 1 aliphatic heterocycles. The molecule has 4 aromatic rings. The number of nitrogens with zero attached hydrogens (tertiary/aromatic N) is 5. The highest BCUT2D eigenvalue weighted by atomic mass is 16.5. The highest BCUT2D eigenvalue weighted by Crippen LogP contribution is 2.39. The molecule has 1 aliphatic rings. The summed E-state index contributed by atoms with van der Waals surface area (Å²) in [4.78, 5) is 16.2. The zero-order valence-electron chi connectivity index (χ0n) is 20.1. The molecule has 180 valence electrons. The minimum absolute atomic E-state index is 0.537. The van der Waals surface area contributed by atoms with Crippen LogP contribution >= 0.6 is 0 Å². The molecule has 35 heavy (non-hydrogen) atoms. The Bertz CT molecular complexity index is 1280. The number of rotatable bonds is 8. The first kappa shape index (κ1) is 22.7. The van der Waals surface area contributed by atoms with Gasteiger partial charge in [-0.05, 0) is 5.56 Å². The second kappa shape index (κ2) is 10.0. The van der Waals surface area contributed by atoms with Gasteiger partial charge in [0.25, 0.3) is 0 Å². The first-order valence-corrected chi connectivity index (χ1v) is 11.4. The van der Waals surface area contributed by atoms with Gasteiger partial charge in [-0.15, -0.1) is 0 Å². The first-order valence-electron chi connectivity index (χ1n) is 11.4. The molecule has 1 N–H and O–H groups in total. The molecule has 0 radical (unpaired) electrons. The Morgan fingerprint density at radius 1 is 0.971 bits per heavy atom. The fraction of sp³-hybridized carbons (Fsp3) is 0.269. The standard InChI is InChI=1S/C26H28N6O3/c1-33-22-11-20(12-23(34-2)25(22)35-3)32-16-24(28-17-32)30-26-27-13-19-15-31(10-9-21(19)29-26)14-18-7-5-4-6-8-18/h4-8,11-13,16-17H,9-10,14-15H2,1-3H3,(H,27,29,30). The van der Waals surface area contributed by atoms with E-state index in [1.54, 1.807) is 27.7 Å². The predicted molar refractivity (Wildman–Crippen MR) is 133 cm³/mol. The largest absolute Gasteiger partial charge is 0.493 e. The fourth-order valence-electron chi connectivity index (χ4n) is 4.27. The molecule has 5 rings (SSSR count). The average molecular weight is 473 g/mol. The van der Waals surface area contributed by atoms with Gasteiger partial charge < -0.3 is 24.1 Å². The molecule has 3 heterocycles. The molecule has 2 aromatic carbocycles. The fourth-order valence-corrected chi connectivity index (χ4v) is 4.27. The minimum Gasteiger partial charge on any atom is -0.493 e. The molecule has 0 fully saturated rings. The number of aromatic nitrogens is 4. The van der Waals surface area contributed by atoms with Crippen molar-refractivity contribution in [3.8, 4) is 22.9 Å². The second-order valence-corrected chi connectivity index (χ2v) is 8.29. The van der Waals surface area contributed by atoms with Crippen molar-refractivity contribution in [2.45, 2.75) is 19.5 Å². The third-order valence-electron chi connectivity index (χ3n) is 6.03. The maximum Gasteiger partial charge on any atom is 0.228 e. The number of hydrogen-bond donors (Lipinski definition) is 1. The summed E-state index contributed by atoms with van der Waals surface area (Å²) in [6, 6.07) is 14.3. The Morgan fingerprint density at radius 3 is 2.46 bits per heavy atom. The van der Waals surface area contributed by atoms with Crippen molar-refractivity contribution in [2.24, 2.45) is 0 Å². The predicted octanol–water partition coefficient (Wildman–Crippen LogP) is 3.99. The molecule has 0 saturated heterocycles. The molecule has 0 saturated carbocycles. The monoisotopic (exact) mass is 472 g/mol. The zero-order chi connectivity index (χ0) is 24.2. The summed E-state index contributed by atoms with van der Waals surface area (Å²) in [5, 5.41) is 3.22. The molecule has 9 nitrogen and oxygen atoms in total. The number of benzene rings is 2. The summed E-state index contributed by atoms with van der Waals surface area (Å²) in [6.07, 6.45) is 6.38. The third-order valence-corrected chi connectivity index (χ3v) is 6.03. The lowest BCUT2D eigenvalue weighted by molar-refractivity contribution is 0.243. The van der Waals surface area contributed by atoms with E-state index in [1.165, 1.54) is 11.1 Å². The SMILES string of the molecule is COc1cc(-n2cnc(Nc3ncc4c(n3)CCN(Cc3ccccc3)C4)c2)cc(OC)c1OC. The average Bonchev–Trinajstić information content (AvgIpc) is 3.37. The molecular formula is C26H28N6O3. The van der Waals surface area contributed by atoms with Crippen LogP contribution in [0.2, 0.25) is 0 Å². The quantitative estimate of drug-likeness (QED) is 0.412. The lowest BCUT2D eigenvalue weighted by atomic mass is 10.1. The molecule has 0 bridgehead atoms. The lowest BCUT2D eigenvalue weighted by Gasteiger charge is -2.28. The molecule has 0 amide bonds. The van der Waals surface area contributed by atoms with Crippen LogP contribution < -0.4 is 19.5 Å². The number of anilines is 2. The van der Waals surface area contributed by atoms with Crippen LogP contribution in [-0.4, -0.2) is 52.3 Å². The van der Waals surface area contributed by atoms with E-state index in [0.29, 0.717) is 29.0 Å². The van der Waals surface area contributed by atoms with Crippen LogP contribution in [0.25, 0.3) is 5.69 Å². The molecule has 2 aromatic heterocycles. The van der Waals surface area contributed by atoms with Crippen molar-refractivity contribution in [1.82, 2.24) is 24.4 Å². The summed E-state index contributed by atoms with van der Waals surface area (Å²) in [5.74, 6) is 2.87. The maximum atomic E-state index is 5.46. The zero-order valence-corrected chi connectivity index (χ0v) is 20.1. The molecule has 0 aliphatic carbocycles. The van der Waals surface area contributed by atoms with E-state index < -0.39 is 0 Å². The van der Waals surface area contributed by atoms with E-state index in [0.717, 1.165) is 37.4 Å². The van der Waals surface area contributed by atoms with E-state index in [-0.39, 0.29) is 0 Å².